The Balaban J connectivity index is 2.34. The highest BCUT2D eigenvalue weighted by Gasteiger charge is 2.07. The highest BCUT2D eigenvalue weighted by Crippen LogP contribution is 2.29. The first-order chi connectivity index (χ1) is 9.13. The third-order valence-corrected chi connectivity index (χ3v) is 2.43. The van der Waals surface area contributed by atoms with Gasteiger partial charge in [-0.1, -0.05) is 0 Å². The van der Waals surface area contributed by atoms with Crippen molar-refractivity contribution in [1.29, 1.82) is 10.5 Å². The quantitative estimate of drug-likeness (QED) is 0.834. The van der Waals surface area contributed by atoms with Crippen LogP contribution in [0.5, 0.6) is 11.5 Å². The third-order valence-electron chi connectivity index (χ3n) is 2.43. The Morgan fingerprint density at radius 3 is 2.47 bits per heavy atom. The zero-order valence-electron chi connectivity index (χ0n) is 9.72. The van der Waals surface area contributed by atoms with Gasteiger partial charge < -0.3 is 10.5 Å². The van der Waals surface area contributed by atoms with Crippen LogP contribution < -0.4 is 10.5 Å². The van der Waals surface area contributed by atoms with E-state index < -0.39 is 5.82 Å². The van der Waals surface area contributed by atoms with Gasteiger partial charge in [0.25, 0.3) is 0 Å². The summed E-state index contributed by atoms with van der Waals surface area (Å²) in [5.41, 5.74) is 6.37. The topological polar surface area (TPSA) is 82.8 Å². The van der Waals surface area contributed by atoms with E-state index >= 15 is 0 Å². The van der Waals surface area contributed by atoms with Gasteiger partial charge in [0, 0.05) is 12.1 Å². The average molecular weight is 253 g/mol. The number of nitrogens with two attached hydrogens (primary N) is 1. The van der Waals surface area contributed by atoms with E-state index in [4.69, 9.17) is 21.0 Å². The van der Waals surface area contributed by atoms with Crippen LogP contribution in [0.15, 0.2) is 36.4 Å². The van der Waals surface area contributed by atoms with Crippen molar-refractivity contribution in [2.45, 2.75) is 0 Å². The molecule has 19 heavy (non-hydrogen) atoms. The summed E-state index contributed by atoms with van der Waals surface area (Å²) in [5, 5.41) is 17.4. The van der Waals surface area contributed by atoms with Gasteiger partial charge in [0.2, 0.25) is 0 Å². The van der Waals surface area contributed by atoms with Gasteiger partial charge in [-0.05, 0) is 24.3 Å². The van der Waals surface area contributed by atoms with Gasteiger partial charge >= 0.3 is 0 Å². The molecule has 0 aromatic heterocycles. The summed E-state index contributed by atoms with van der Waals surface area (Å²) in [6, 6.07) is 12.1. The van der Waals surface area contributed by atoms with E-state index in [0.29, 0.717) is 11.3 Å². The molecule has 0 fully saturated rings. The molecule has 0 bridgehead atoms. The molecule has 2 rings (SSSR count). The van der Waals surface area contributed by atoms with E-state index in [1.165, 1.54) is 24.3 Å². The largest absolute Gasteiger partial charge is 0.455 e. The molecule has 5 heteroatoms. The van der Waals surface area contributed by atoms with Crippen molar-refractivity contribution in [3.05, 3.63) is 53.3 Å². The van der Waals surface area contributed by atoms with Crippen molar-refractivity contribution in [2.24, 2.45) is 0 Å². The fourth-order valence-electron chi connectivity index (χ4n) is 1.47. The Labute approximate surface area is 109 Å². The van der Waals surface area contributed by atoms with Crippen LogP contribution in [0, 0.1) is 28.5 Å². The monoisotopic (exact) mass is 253 g/mol. The fourth-order valence-corrected chi connectivity index (χ4v) is 1.47. The van der Waals surface area contributed by atoms with Gasteiger partial charge in [-0.25, -0.2) is 4.39 Å². The van der Waals surface area contributed by atoms with Crippen molar-refractivity contribution in [2.75, 3.05) is 5.73 Å². The molecule has 0 aliphatic heterocycles. The molecular weight excluding hydrogens is 245 g/mol. The molecule has 4 nitrogen and oxygen atoms in total. The van der Waals surface area contributed by atoms with Crippen LogP contribution in [-0.4, -0.2) is 0 Å². The Morgan fingerprint density at radius 2 is 1.84 bits per heavy atom. The number of rotatable bonds is 2. The lowest BCUT2D eigenvalue weighted by molar-refractivity contribution is 0.478. The van der Waals surface area contributed by atoms with Crippen molar-refractivity contribution in [3.8, 4) is 23.6 Å². The molecule has 2 N–H and O–H groups in total. The molecule has 0 aliphatic carbocycles. The molecule has 92 valence electrons. The number of hydrogen-bond acceptors (Lipinski definition) is 4. The van der Waals surface area contributed by atoms with Crippen LogP contribution in [0.2, 0.25) is 0 Å². The molecule has 2 aromatic rings. The predicted octanol–water partition coefficient (Wildman–Crippen LogP) is 2.94. The number of benzene rings is 2. The smallest absolute Gasteiger partial charge is 0.151 e. The highest BCUT2D eigenvalue weighted by molar-refractivity contribution is 5.57. The van der Waals surface area contributed by atoms with Crippen LogP contribution in [-0.2, 0) is 0 Å². The summed E-state index contributed by atoms with van der Waals surface area (Å²) in [6.07, 6.45) is 0. The number of hydrogen-bond donors (Lipinski definition) is 1. The third kappa shape index (κ3) is 2.62. The summed E-state index contributed by atoms with van der Waals surface area (Å²) in [5.74, 6) is -0.198. The Bertz CT molecular complexity index is 714. The van der Waals surface area contributed by atoms with Crippen LogP contribution in [0.1, 0.15) is 11.1 Å². The molecule has 2 aromatic carbocycles. The standard InChI is InChI=1S/C14H8FN3O/c15-12-6-11(3-2-10(12)8-17)19-14-5-9(7-16)1-4-13(14)18/h1-6H,18H2. The molecule has 0 unspecified atom stereocenters. The molecule has 0 spiro atoms. The molecule has 0 aliphatic rings. The van der Waals surface area contributed by atoms with Crippen LogP contribution in [0.3, 0.4) is 0 Å². The van der Waals surface area contributed by atoms with Crippen molar-refractivity contribution in [3.63, 3.8) is 0 Å². The van der Waals surface area contributed by atoms with Crippen LogP contribution in [0.4, 0.5) is 10.1 Å². The number of anilines is 1. The molecule has 0 saturated carbocycles. The predicted molar refractivity (Wildman–Crippen MR) is 66.8 cm³/mol. The second-order valence-electron chi connectivity index (χ2n) is 3.72. The Hall–Kier alpha value is -3.05. The fraction of sp³-hybridized carbons (Fsp3) is 0. The first kappa shape index (κ1) is 12.4. The van der Waals surface area contributed by atoms with Crippen molar-refractivity contribution in [1.82, 2.24) is 0 Å². The maximum atomic E-state index is 13.4. The molecule has 0 heterocycles. The van der Waals surface area contributed by atoms with Gasteiger partial charge in [0.05, 0.1) is 22.9 Å². The second-order valence-corrected chi connectivity index (χ2v) is 3.72. The van der Waals surface area contributed by atoms with E-state index in [1.807, 2.05) is 6.07 Å². The SMILES string of the molecule is N#Cc1ccc(N)c(Oc2ccc(C#N)c(F)c2)c1. The van der Waals surface area contributed by atoms with Crippen LogP contribution in [0.25, 0.3) is 0 Å². The lowest BCUT2D eigenvalue weighted by atomic mass is 10.2. The Kier molecular flexibility index (Phi) is 3.31. The maximum Gasteiger partial charge on any atom is 0.151 e. The summed E-state index contributed by atoms with van der Waals surface area (Å²) in [6.45, 7) is 0. The summed E-state index contributed by atoms with van der Waals surface area (Å²) < 4.78 is 18.8. The van der Waals surface area contributed by atoms with Crippen molar-refractivity contribution < 1.29 is 9.13 Å². The molecule has 0 radical (unpaired) electrons. The number of halogens is 1. The van der Waals surface area contributed by atoms with Gasteiger partial charge in [0.15, 0.2) is 5.75 Å². The lowest BCUT2D eigenvalue weighted by Crippen LogP contribution is -1.94. The number of ether oxygens (including phenoxy) is 1. The normalized spacial score (nSPS) is 9.42. The summed E-state index contributed by atoms with van der Waals surface area (Å²) in [7, 11) is 0. The van der Waals surface area contributed by atoms with Gasteiger partial charge in [-0.3, -0.25) is 0 Å². The van der Waals surface area contributed by atoms with Crippen molar-refractivity contribution >= 4 is 5.69 Å². The molecule has 0 atom stereocenters. The minimum Gasteiger partial charge on any atom is -0.455 e. The Morgan fingerprint density at radius 1 is 1.05 bits per heavy atom. The summed E-state index contributed by atoms with van der Waals surface area (Å²) in [4.78, 5) is 0. The van der Waals surface area contributed by atoms with Gasteiger partial charge in [-0.15, -0.1) is 0 Å². The van der Waals surface area contributed by atoms with E-state index in [9.17, 15) is 4.39 Å². The minimum absolute atomic E-state index is 0.0638. The zero-order valence-corrected chi connectivity index (χ0v) is 9.72. The second kappa shape index (κ2) is 5.07. The van der Waals surface area contributed by atoms with Gasteiger partial charge in [0.1, 0.15) is 17.6 Å². The zero-order chi connectivity index (χ0) is 13.8. The minimum atomic E-state index is -0.671. The molecule has 0 saturated heterocycles. The number of nitriles is 2. The number of nitrogen functional groups attached to an aromatic ring is 1. The molecular formula is C14H8FN3O. The highest BCUT2D eigenvalue weighted by atomic mass is 19.1. The average Bonchev–Trinajstić information content (AvgIpc) is 2.41. The summed E-state index contributed by atoms with van der Waals surface area (Å²) >= 11 is 0. The maximum absolute atomic E-state index is 13.4. The first-order valence-electron chi connectivity index (χ1n) is 5.31. The van der Waals surface area contributed by atoms with Gasteiger partial charge in [-0.2, -0.15) is 10.5 Å². The first-order valence-corrected chi connectivity index (χ1v) is 5.31. The van der Waals surface area contributed by atoms with E-state index in [0.717, 1.165) is 6.07 Å². The van der Waals surface area contributed by atoms with E-state index in [2.05, 4.69) is 0 Å². The van der Waals surface area contributed by atoms with Crippen LogP contribution >= 0.6 is 0 Å². The lowest BCUT2D eigenvalue weighted by Gasteiger charge is -2.09. The van der Waals surface area contributed by atoms with E-state index in [1.54, 1.807) is 12.1 Å². The van der Waals surface area contributed by atoms with E-state index in [-0.39, 0.29) is 17.1 Å². The number of nitrogens with zero attached hydrogens (tertiary/aromatic N) is 2. The molecule has 0 amide bonds.